The molecular weight excluding hydrogens is 150 g/mol. The van der Waals surface area contributed by atoms with Crippen LogP contribution in [0.2, 0.25) is 0 Å². The fourth-order valence-electron chi connectivity index (χ4n) is 1.25. The number of hydrogen-bond donors (Lipinski definition) is 1. The average Bonchev–Trinajstić information content (AvgIpc) is 2.28. The zero-order valence-electron chi connectivity index (χ0n) is 6.57. The summed E-state index contributed by atoms with van der Waals surface area (Å²) >= 11 is 0. The molecule has 0 bridgehead atoms. The summed E-state index contributed by atoms with van der Waals surface area (Å²) in [5.74, 6) is 0.294. The number of rotatable bonds is 0. The molecule has 2 heteroatoms. The lowest BCUT2D eigenvalue weighted by molar-refractivity contribution is 0.475. The molecule has 0 saturated carbocycles. The average molecular weight is 159 g/mol. The van der Waals surface area contributed by atoms with Crippen LogP contribution in [0.3, 0.4) is 0 Å². The van der Waals surface area contributed by atoms with Crippen molar-refractivity contribution in [1.82, 2.24) is 0 Å². The number of nitrogens with zero attached hydrogens (tertiary/aromatic N) is 1. The third-order valence-electron chi connectivity index (χ3n) is 1.87. The van der Waals surface area contributed by atoms with Crippen LogP contribution in [0, 0.1) is 0 Å². The standard InChI is InChI=1S/C10H9NO/c12-10-4-3-8-2-1-5-11-7-9(8)6-10/h1,3-7,12H,2H2. The Morgan fingerprint density at radius 2 is 2.25 bits per heavy atom. The van der Waals surface area contributed by atoms with Gasteiger partial charge in [-0.1, -0.05) is 12.1 Å². The highest BCUT2D eigenvalue weighted by atomic mass is 16.3. The number of benzene rings is 1. The van der Waals surface area contributed by atoms with Crippen molar-refractivity contribution in [2.75, 3.05) is 0 Å². The fourth-order valence-corrected chi connectivity index (χ4v) is 1.25. The minimum atomic E-state index is 0.294. The van der Waals surface area contributed by atoms with Crippen molar-refractivity contribution in [2.24, 2.45) is 4.99 Å². The summed E-state index contributed by atoms with van der Waals surface area (Å²) < 4.78 is 0. The van der Waals surface area contributed by atoms with Gasteiger partial charge in [0.2, 0.25) is 0 Å². The van der Waals surface area contributed by atoms with Gasteiger partial charge >= 0.3 is 0 Å². The lowest BCUT2D eigenvalue weighted by Gasteiger charge is -2.01. The molecule has 1 aromatic rings. The molecule has 0 unspecified atom stereocenters. The van der Waals surface area contributed by atoms with E-state index in [1.807, 2.05) is 12.1 Å². The largest absolute Gasteiger partial charge is 0.508 e. The summed E-state index contributed by atoms with van der Waals surface area (Å²) in [4.78, 5) is 4.04. The topological polar surface area (TPSA) is 32.6 Å². The van der Waals surface area contributed by atoms with Gasteiger partial charge in [0.05, 0.1) is 0 Å². The Kier molecular flexibility index (Phi) is 1.67. The highest BCUT2D eigenvalue weighted by molar-refractivity contribution is 5.83. The maximum atomic E-state index is 9.20. The number of phenolic OH excluding ortho intramolecular Hbond substituents is 1. The van der Waals surface area contributed by atoms with Crippen LogP contribution in [0.5, 0.6) is 5.75 Å². The second kappa shape index (κ2) is 2.81. The predicted octanol–water partition coefficient (Wildman–Crippen LogP) is 1.88. The molecule has 1 aliphatic rings. The Labute approximate surface area is 70.9 Å². The third kappa shape index (κ3) is 1.23. The van der Waals surface area contributed by atoms with Crippen molar-refractivity contribution in [2.45, 2.75) is 6.42 Å². The normalized spacial score (nSPS) is 14.0. The van der Waals surface area contributed by atoms with E-state index in [0.717, 1.165) is 12.0 Å². The summed E-state index contributed by atoms with van der Waals surface area (Å²) in [5.41, 5.74) is 2.20. The van der Waals surface area contributed by atoms with Gasteiger partial charge in [0.15, 0.2) is 0 Å². The van der Waals surface area contributed by atoms with Crippen LogP contribution >= 0.6 is 0 Å². The lowest BCUT2D eigenvalue weighted by Crippen LogP contribution is -1.88. The van der Waals surface area contributed by atoms with Crippen molar-refractivity contribution in [1.29, 1.82) is 0 Å². The first kappa shape index (κ1) is 7.10. The zero-order valence-corrected chi connectivity index (χ0v) is 6.57. The Morgan fingerprint density at radius 3 is 3.17 bits per heavy atom. The Balaban J connectivity index is 2.53. The van der Waals surface area contributed by atoms with Crippen LogP contribution in [0.4, 0.5) is 0 Å². The first-order valence-corrected chi connectivity index (χ1v) is 3.86. The van der Waals surface area contributed by atoms with Crippen LogP contribution in [0.15, 0.2) is 35.5 Å². The highest BCUT2D eigenvalue weighted by Gasteiger charge is 2.01. The minimum Gasteiger partial charge on any atom is -0.508 e. The molecule has 1 heterocycles. The number of fused-ring (bicyclic) bond motifs is 1. The number of allylic oxidation sites excluding steroid dienone is 1. The highest BCUT2D eigenvalue weighted by Crippen LogP contribution is 2.17. The van der Waals surface area contributed by atoms with Crippen molar-refractivity contribution < 1.29 is 5.11 Å². The smallest absolute Gasteiger partial charge is 0.116 e. The second-order valence-corrected chi connectivity index (χ2v) is 2.75. The molecule has 1 aliphatic heterocycles. The monoisotopic (exact) mass is 159 g/mol. The van der Waals surface area contributed by atoms with Crippen LogP contribution in [-0.2, 0) is 6.42 Å². The molecule has 0 amide bonds. The van der Waals surface area contributed by atoms with Crippen LogP contribution in [0.1, 0.15) is 11.1 Å². The molecule has 0 spiro atoms. The molecule has 60 valence electrons. The molecule has 1 aromatic carbocycles. The quantitative estimate of drug-likeness (QED) is 0.616. The van der Waals surface area contributed by atoms with Crippen LogP contribution in [-0.4, -0.2) is 11.3 Å². The van der Waals surface area contributed by atoms with E-state index in [4.69, 9.17) is 0 Å². The van der Waals surface area contributed by atoms with E-state index in [1.54, 1.807) is 24.5 Å². The van der Waals surface area contributed by atoms with Gasteiger partial charge in [-0.15, -0.1) is 0 Å². The summed E-state index contributed by atoms with van der Waals surface area (Å²) in [6.45, 7) is 0. The number of aliphatic imine (C=N–C) groups is 1. The molecule has 1 N–H and O–H groups in total. The van der Waals surface area contributed by atoms with Crippen molar-refractivity contribution in [3.8, 4) is 5.75 Å². The Hall–Kier alpha value is -1.57. The fraction of sp³-hybridized carbons (Fsp3) is 0.100. The molecule has 0 atom stereocenters. The molecule has 2 rings (SSSR count). The maximum Gasteiger partial charge on any atom is 0.116 e. The summed E-state index contributed by atoms with van der Waals surface area (Å²) in [6.07, 6.45) is 6.42. The first-order chi connectivity index (χ1) is 5.86. The van der Waals surface area contributed by atoms with Gasteiger partial charge in [-0.3, -0.25) is 4.99 Å². The zero-order chi connectivity index (χ0) is 8.39. The van der Waals surface area contributed by atoms with Gasteiger partial charge < -0.3 is 5.11 Å². The SMILES string of the molecule is Oc1ccc2c(c1)C=NC=CC2. The van der Waals surface area contributed by atoms with E-state index in [9.17, 15) is 5.11 Å². The van der Waals surface area contributed by atoms with Gasteiger partial charge in [0.1, 0.15) is 5.75 Å². The van der Waals surface area contributed by atoms with Crippen LogP contribution < -0.4 is 0 Å². The first-order valence-electron chi connectivity index (χ1n) is 3.86. The van der Waals surface area contributed by atoms with Gasteiger partial charge in [0.25, 0.3) is 0 Å². The molecule has 0 radical (unpaired) electrons. The van der Waals surface area contributed by atoms with Crippen molar-refractivity contribution in [3.05, 3.63) is 41.6 Å². The van der Waals surface area contributed by atoms with E-state index >= 15 is 0 Å². The number of phenols is 1. The molecule has 0 aromatic heterocycles. The Bertz CT molecular complexity index is 353. The summed E-state index contributed by atoms with van der Waals surface area (Å²) in [6, 6.07) is 5.35. The lowest BCUT2D eigenvalue weighted by atomic mass is 10.1. The van der Waals surface area contributed by atoms with Gasteiger partial charge in [-0.05, 0) is 29.7 Å². The summed E-state index contributed by atoms with van der Waals surface area (Å²) in [5, 5.41) is 9.20. The maximum absolute atomic E-state index is 9.20. The predicted molar refractivity (Wildman–Crippen MR) is 48.5 cm³/mol. The van der Waals surface area contributed by atoms with Gasteiger partial charge in [-0.25, -0.2) is 0 Å². The molecule has 0 saturated heterocycles. The van der Waals surface area contributed by atoms with E-state index in [-0.39, 0.29) is 0 Å². The number of aromatic hydroxyl groups is 1. The number of hydrogen-bond acceptors (Lipinski definition) is 2. The summed E-state index contributed by atoms with van der Waals surface area (Å²) in [7, 11) is 0. The van der Waals surface area contributed by atoms with Crippen LogP contribution in [0.25, 0.3) is 0 Å². The van der Waals surface area contributed by atoms with Crippen molar-refractivity contribution in [3.63, 3.8) is 0 Å². The Morgan fingerprint density at radius 1 is 1.33 bits per heavy atom. The van der Waals surface area contributed by atoms with Gasteiger partial charge in [-0.2, -0.15) is 0 Å². The molecule has 12 heavy (non-hydrogen) atoms. The second-order valence-electron chi connectivity index (χ2n) is 2.75. The van der Waals surface area contributed by atoms with Crippen molar-refractivity contribution >= 4 is 6.21 Å². The molecule has 0 fully saturated rings. The van der Waals surface area contributed by atoms with E-state index < -0.39 is 0 Å². The molecule has 2 nitrogen and oxygen atoms in total. The van der Waals surface area contributed by atoms with E-state index in [1.165, 1.54) is 5.56 Å². The van der Waals surface area contributed by atoms with E-state index in [0.29, 0.717) is 5.75 Å². The van der Waals surface area contributed by atoms with E-state index in [2.05, 4.69) is 4.99 Å². The minimum absolute atomic E-state index is 0.294. The molecule has 0 aliphatic carbocycles. The van der Waals surface area contributed by atoms with Gasteiger partial charge in [0, 0.05) is 12.4 Å². The molecular formula is C10H9NO. The third-order valence-corrected chi connectivity index (χ3v) is 1.87.